The number of nitrogens with one attached hydrogen (secondary N) is 1. The Hall–Kier alpha value is -2.17. The Labute approximate surface area is 79.6 Å². The lowest BCUT2D eigenvalue weighted by Gasteiger charge is -1.98. The number of rotatable bonds is 1. The first kappa shape index (κ1) is 8.43. The number of aromatic amines is 1. The van der Waals surface area contributed by atoms with Crippen LogP contribution < -0.4 is 11.3 Å². The number of nitrogen functional groups attached to an aromatic ring is 1. The summed E-state index contributed by atoms with van der Waals surface area (Å²) in [4.78, 5) is 21.2. The quantitative estimate of drug-likeness (QED) is 0.679. The van der Waals surface area contributed by atoms with E-state index in [1.54, 1.807) is 24.7 Å². The maximum Gasteiger partial charge on any atom is 0.248 e. The molecule has 0 bridgehead atoms. The number of nitrogens with zero attached hydrogens (tertiary/aromatic N) is 2. The zero-order chi connectivity index (χ0) is 9.97. The summed E-state index contributed by atoms with van der Waals surface area (Å²) in [6.45, 7) is 0. The molecular formula is C9H8N4O. The summed E-state index contributed by atoms with van der Waals surface area (Å²) in [5, 5.41) is 0. The predicted octanol–water partition coefficient (Wildman–Crippen LogP) is 0.414. The molecule has 0 aliphatic heterocycles. The first-order chi connectivity index (χ1) is 6.75. The van der Waals surface area contributed by atoms with Gasteiger partial charge in [-0.2, -0.15) is 0 Å². The molecule has 2 aromatic rings. The minimum atomic E-state index is -0.153. The second-order valence-corrected chi connectivity index (χ2v) is 2.77. The molecule has 5 heteroatoms. The number of hydrogen-bond donors (Lipinski definition) is 2. The molecule has 0 fully saturated rings. The van der Waals surface area contributed by atoms with E-state index in [1.807, 2.05) is 0 Å². The molecular weight excluding hydrogens is 180 g/mol. The van der Waals surface area contributed by atoms with E-state index in [4.69, 9.17) is 5.73 Å². The van der Waals surface area contributed by atoms with Gasteiger partial charge in [-0.15, -0.1) is 0 Å². The first-order valence-corrected chi connectivity index (χ1v) is 4.02. The van der Waals surface area contributed by atoms with Crippen LogP contribution >= 0.6 is 0 Å². The number of hydrogen-bond acceptors (Lipinski definition) is 4. The number of H-pyrrole nitrogens is 1. The van der Waals surface area contributed by atoms with Gasteiger partial charge in [-0.25, -0.2) is 9.97 Å². The van der Waals surface area contributed by atoms with E-state index in [-0.39, 0.29) is 11.5 Å². The van der Waals surface area contributed by atoms with Crippen LogP contribution in [0.15, 0.2) is 35.5 Å². The lowest BCUT2D eigenvalue weighted by Crippen LogP contribution is -2.02. The average Bonchev–Trinajstić information content (AvgIpc) is 2.19. The fourth-order valence-electron chi connectivity index (χ4n) is 1.11. The van der Waals surface area contributed by atoms with Crippen LogP contribution in [0.5, 0.6) is 0 Å². The zero-order valence-electron chi connectivity index (χ0n) is 7.27. The second-order valence-electron chi connectivity index (χ2n) is 2.77. The summed E-state index contributed by atoms with van der Waals surface area (Å²) in [6.07, 6.45) is 4.74. The molecule has 0 unspecified atom stereocenters. The largest absolute Gasteiger partial charge is 0.368 e. The summed E-state index contributed by atoms with van der Waals surface area (Å²) in [7, 11) is 0. The van der Waals surface area contributed by atoms with Crippen molar-refractivity contribution in [3.8, 4) is 11.1 Å². The molecule has 0 saturated heterocycles. The summed E-state index contributed by atoms with van der Waals surface area (Å²) >= 11 is 0. The first-order valence-electron chi connectivity index (χ1n) is 4.02. The van der Waals surface area contributed by atoms with Gasteiger partial charge in [0.05, 0.1) is 0 Å². The molecule has 0 aromatic carbocycles. The second kappa shape index (κ2) is 3.29. The molecule has 14 heavy (non-hydrogen) atoms. The number of aromatic nitrogens is 3. The van der Waals surface area contributed by atoms with Gasteiger partial charge in [0.25, 0.3) is 0 Å². The van der Waals surface area contributed by atoms with Gasteiger partial charge in [0, 0.05) is 30.2 Å². The molecule has 0 amide bonds. The van der Waals surface area contributed by atoms with Gasteiger partial charge in [0.2, 0.25) is 11.5 Å². The van der Waals surface area contributed by atoms with Crippen LogP contribution in [0.25, 0.3) is 11.1 Å². The molecule has 70 valence electrons. The van der Waals surface area contributed by atoms with E-state index in [2.05, 4.69) is 15.0 Å². The van der Waals surface area contributed by atoms with E-state index < -0.39 is 0 Å². The van der Waals surface area contributed by atoms with Crippen LogP contribution in [-0.4, -0.2) is 15.0 Å². The van der Waals surface area contributed by atoms with Gasteiger partial charge in [-0.05, 0) is 11.6 Å². The maximum absolute atomic E-state index is 11.0. The lowest BCUT2D eigenvalue weighted by molar-refractivity contribution is 1.18. The van der Waals surface area contributed by atoms with Crippen molar-refractivity contribution in [1.29, 1.82) is 0 Å². The van der Waals surface area contributed by atoms with Crippen molar-refractivity contribution < 1.29 is 0 Å². The van der Waals surface area contributed by atoms with Crippen molar-refractivity contribution in [2.24, 2.45) is 0 Å². The third-order valence-electron chi connectivity index (χ3n) is 1.78. The van der Waals surface area contributed by atoms with Gasteiger partial charge in [0.15, 0.2) is 0 Å². The Morgan fingerprint density at radius 3 is 2.57 bits per heavy atom. The minimum Gasteiger partial charge on any atom is -0.368 e. The van der Waals surface area contributed by atoms with Crippen molar-refractivity contribution in [3.05, 3.63) is 41.1 Å². The maximum atomic E-state index is 11.0. The topological polar surface area (TPSA) is 84.7 Å². The van der Waals surface area contributed by atoms with Crippen LogP contribution in [0.1, 0.15) is 0 Å². The van der Waals surface area contributed by atoms with Crippen LogP contribution in [0.2, 0.25) is 0 Å². The van der Waals surface area contributed by atoms with E-state index in [9.17, 15) is 4.79 Å². The molecule has 3 N–H and O–H groups in total. The molecule has 0 atom stereocenters. The highest BCUT2D eigenvalue weighted by Crippen LogP contribution is 2.14. The van der Waals surface area contributed by atoms with Gasteiger partial charge >= 0.3 is 0 Å². The highest BCUT2D eigenvalue weighted by atomic mass is 16.1. The Kier molecular flexibility index (Phi) is 1.98. The third-order valence-corrected chi connectivity index (χ3v) is 1.78. The molecule has 0 aliphatic rings. The lowest BCUT2D eigenvalue weighted by atomic mass is 10.1. The summed E-state index contributed by atoms with van der Waals surface area (Å²) < 4.78 is 0. The van der Waals surface area contributed by atoms with E-state index in [1.165, 1.54) is 6.07 Å². The summed E-state index contributed by atoms with van der Waals surface area (Å²) in [5.74, 6) is 0.221. The fourth-order valence-corrected chi connectivity index (χ4v) is 1.11. The van der Waals surface area contributed by atoms with E-state index in [0.29, 0.717) is 0 Å². The third kappa shape index (κ3) is 1.61. The molecule has 2 aromatic heterocycles. The van der Waals surface area contributed by atoms with Gasteiger partial charge in [-0.1, -0.05) is 0 Å². The Balaban J connectivity index is 2.50. The Morgan fingerprint density at radius 2 is 1.93 bits per heavy atom. The van der Waals surface area contributed by atoms with Gasteiger partial charge < -0.3 is 10.7 Å². The summed E-state index contributed by atoms with van der Waals surface area (Å²) in [5.41, 5.74) is 6.73. The average molecular weight is 188 g/mol. The van der Waals surface area contributed by atoms with E-state index in [0.717, 1.165) is 11.1 Å². The Morgan fingerprint density at radius 1 is 1.21 bits per heavy atom. The number of anilines is 1. The molecule has 0 aliphatic carbocycles. The van der Waals surface area contributed by atoms with Crippen molar-refractivity contribution >= 4 is 5.95 Å². The standard InChI is InChI=1S/C9H8N4O/c10-9-12-4-7(5-13-9)6-1-2-11-8(14)3-6/h1-5H,(H,11,14)(H2,10,12,13). The van der Waals surface area contributed by atoms with Crippen molar-refractivity contribution in [2.75, 3.05) is 5.73 Å². The van der Waals surface area contributed by atoms with Crippen molar-refractivity contribution in [3.63, 3.8) is 0 Å². The zero-order valence-corrected chi connectivity index (χ0v) is 7.27. The smallest absolute Gasteiger partial charge is 0.248 e. The van der Waals surface area contributed by atoms with Crippen LogP contribution in [0, 0.1) is 0 Å². The monoisotopic (exact) mass is 188 g/mol. The highest BCUT2D eigenvalue weighted by molar-refractivity contribution is 5.60. The Bertz CT molecular complexity index is 489. The molecule has 2 rings (SSSR count). The molecule has 0 spiro atoms. The van der Waals surface area contributed by atoms with Crippen LogP contribution in [0.4, 0.5) is 5.95 Å². The summed E-state index contributed by atoms with van der Waals surface area (Å²) in [6, 6.07) is 3.26. The predicted molar refractivity (Wildman–Crippen MR) is 52.5 cm³/mol. The van der Waals surface area contributed by atoms with Crippen molar-refractivity contribution in [2.45, 2.75) is 0 Å². The molecule has 5 nitrogen and oxygen atoms in total. The molecule has 0 radical (unpaired) electrons. The van der Waals surface area contributed by atoms with Gasteiger partial charge in [-0.3, -0.25) is 4.79 Å². The normalized spacial score (nSPS) is 10.0. The highest BCUT2D eigenvalue weighted by Gasteiger charge is 1.98. The van der Waals surface area contributed by atoms with Crippen LogP contribution in [-0.2, 0) is 0 Å². The van der Waals surface area contributed by atoms with Crippen LogP contribution in [0.3, 0.4) is 0 Å². The number of nitrogens with two attached hydrogens (primary N) is 1. The molecule has 0 saturated carbocycles. The fraction of sp³-hybridized carbons (Fsp3) is 0. The van der Waals surface area contributed by atoms with Crippen molar-refractivity contribution in [1.82, 2.24) is 15.0 Å². The SMILES string of the molecule is Nc1ncc(-c2cc[nH]c(=O)c2)cn1. The molecule has 2 heterocycles. The number of pyridine rings is 1. The van der Waals surface area contributed by atoms with E-state index >= 15 is 0 Å². The minimum absolute atomic E-state index is 0.153. The van der Waals surface area contributed by atoms with Gasteiger partial charge in [0.1, 0.15) is 0 Å².